The molecule has 96 valence electrons. The van der Waals surface area contributed by atoms with E-state index in [4.69, 9.17) is 0 Å². The zero-order valence-electron chi connectivity index (χ0n) is 11.0. The fourth-order valence-corrected chi connectivity index (χ4v) is 2.61. The maximum Gasteiger partial charge on any atom is 0.244 e. The lowest BCUT2D eigenvalue weighted by atomic mass is 9.91. The van der Waals surface area contributed by atoms with Crippen LogP contribution >= 0.6 is 0 Å². The van der Waals surface area contributed by atoms with Gasteiger partial charge in [-0.1, -0.05) is 13.8 Å². The molecule has 1 saturated carbocycles. The number of rotatable bonds is 3. The number of amides is 2. The summed E-state index contributed by atoms with van der Waals surface area (Å²) in [5.41, 5.74) is 0.322. The van der Waals surface area contributed by atoms with Crippen molar-refractivity contribution in [1.82, 2.24) is 10.2 Å². The predicted octanol–water partition coefficient (Wildman–Crippen LogP) is 1.16. The van der Waals surface area contributed by atoms with Crippen LogP contribution in [0.3, 0.4) is 0 Å². The second-order valence-corrected chi connectivity index (χ2v) is 5.82. The Morgan fingerprint density at radius 3 is 2.59 bits per heavy atom. The van der Waals surface area contributed by atoms with Crippen molar-refractivity contribution in [1.29, 1.82) is 0 Å². The fourth-order valence-electron chi connectivity index (χ4n) is 2.61. The maximum atomic E-state index is 12.1. The molecule has 0 bridgehead atoms. The molecular formula is C13H22N2O2. The standard InChI is InChI=1S/C13H22N2O2/c1-9(2)13(5-6-13)8-15-7-4-11(16)14-10(3)12(15)17/h9-10H,4-8H2,1-3H3,(H,14,16). The molecule has 2 fully saturated rings. The van der Waals surface area contributed by atoms with Gasteiger partial charge in [0, 0.05) is 19.5 Å². The molecule has 0 spiro atoms. The molecule has 1 aliphatic heterocycles. The number of hydrogen-bond donors (Lipinski definition) is 1. The first kappa shape index (κ1) is 12.4. The first-order valence-corrected chi connectivity index (χ1v) is 6.53. The Bertz CT molecular complexity index is 334. The van der Waals surface area contributed by atoms with Crippen LogP contribution in [0.25, 0.3) is 0 Å². The van der Waals surface area contributed by atoms with E-state index >= 15 is 0 Å². The summed E-state index contributed by atoms with van der Waals surface area (Å²) in [7, 11) is 0. The van der Waals surface area contributed by atoms with Crippen molar-refractivity contribution in [2.24, 2.45) is 11.3 Å². The quantitative estimate of drug-likeness (QED) is 0.802. The summed E-state index contributed by atoms with van der Waals surface area (Å²) in [4.78, 5) is 25.4. The first-order chi connectivity index (χ1) is 7.94. The van der Waals surface area contributed by atoms with Crippen LogP contribution < -0.4 is 5.32 Å². The second kappa shape index (κ2) is 4.31. The van der Waals surface area contributed by atoms with E-state index in [0.29, 0.717) is 24.3 Å². The Balaban J connectivity index is 2.04. The van der Waals surface area contributed by atoms with E-state index < -0.39 is 0 Å². The zero-order chi connectivity index (χ0) is 12.6. The monoisotopic (exact) mass is 238 g/mol. The molecule has 0 aromatic carbocycles. The highest BCUT2D eigenvalue weighted by Gasteiger charge is 2.47. The molecule has 0 aromatic heterocycles. The summed E-state index contributed by atoms with van der Waals surface area (Å²) in [6.45, 7) is 7.62. The molecule has 0 radical (unpaired) electrons. The lowest BCUT2D eigenvalue weighted by molar-refractivity contribution is -0.134. The van der Waals surface area contributed by atoms with Crippen LogP contribution in [-0.2, 0) is 9.59 Å². The molecule has 2 aliphatic rings. The molecule has 1 aliphatic carbocycles. The van der Waals surface area contributed by atoms with E-state index in [1.54, 1.807) is 6.92 Å². The molecule has 1 heterocycles. The van der Waals surface area contributed by atoms with E-state index in [0.717, 1.165) is 6.54 Å². The summed E-state index contributed by atoms with van der Waals surface area (Å²) < 4.78 is 0. The summed E-state index contributed by atoms with van der Waals surface area (Å²) in [5, 5.41) is 2.73. The largest absolute Gasteiger partial charge is 0.345 e. The Kier molecular flexibility index (Phi) is 3.15. The minimum Gasteiger partial charge on any atom is -0.345 e. The van der Waals surface area contributed by atoms with Gasteiger partial charge in [-0.25, -0.2) is 0 Å². The van der Waals surface area contributed by atoms with Gasteiger partial charge < -0.3 is 10.2 Å². The highest BCUT2D eigenvalue weighted by molar-refractivity contribution is 5.89. The van der Waals surface area contributed by atoms with Gasteiger partial charge in [0.05, 0.1) is 0 Å². The molecule has 4 heteroatoms. The van der Waals surface area contributed by atoms with Gasteiger partial charge in [-0.3, -0.25) is 9.59 Å². The number of carbonyl (C=O) groups excluding carboxylic acids is 2. The van der Waals surface area contributed by atoms with E-state index in [-0.39, 0.29) is 17.9 Å². The topological polar surface area (TPSA) is 49.4 Å². The fraction of sp³-hybridized carbons (Fsp3) is 0.846. The smallest absolute Gasteiger partial charge is 0.244 e. The van der Waals surface area contributed by atoms with Crippen molar-refractivity contribution in [2.75, 3.05) is 13.1 Å². The van der Waals surface area contributed by atoms with Crippen LogP contribution in [0, 0.1) is 11.3 Å². The average Bonchev–Trinajstić information content (AvgIpc) is 3.03. The molecule has 17 heavy (non-hydrogen) atoms. The highest BCUT2D eigenvalue weighted by Crippen LogP contribution is 2.52. The van der Waals surface area contributed by atoms with Gasteiger partial charge in [0.25, 0.3) is 0 Å². The second-order valence-electron chi connectivity index (χ2n) is 5.82. The van der Waals surface area contributed by atoms with Gasteiger partial charge in [0.2, 0.25) is 11.8 Å². The molecule has 0 aromatic rings. The number of hydrogen-bond acceptors (Lipinski definition) is 2. The van der Waals surface area contributed by atoms with Crippen LogP contribution in [0.15, 0.2) is 0 Å². The van der Waals surface area contributed by atoms with Gasteiger partial charge in [-0.05, 0) is 31.1 Å². The number of nitrogens with one attached hydrogen (secondary N) is 1. The highest BCUT2D eigenvalue weighted by atomic mass is 16.2. The van der Waals surface area contributed by atoms with Crippen molar-refractivity contribution in [2.45, 2.75) is 46.1 Å². The van der Waals surface area contributed by atoms with Gasteiger partial charge in [0.1, 0.15) is 6.04 Å². The molecule has 4 nitrogen and oxygen atoms in total. The number of carbonyl (C=O) groups is 2. The van der Waals surface area contributed by atoms with Crippen LogP contribution in [0.4, 0.5) is 0 Å². The van der Waals surface area contributed by atoms with Crippen LogP contribution in [0.2, 0.25) is 0 Å². The van der Waals surface area contributed by atoms with Crippen LogP contribution in [-0.4, -0.2) is 35.8 Å². The molecule has 1 saturated heterocycles. The minimum atomic E-state index is -0.368. The summed E-state index contributed by atoms with van der Waals surface area (Å²) in [5.74, 6) is 0.669. The third kappa shape index (κ3) is 2.45. The predicted molar refractivity (Wildman–Crippen MR) is 65.3 cm³/mol. The normalized spacial score (nSPS) is 28.0. The van der Waals surface area contributed by atoms with Crippen molar-refractivity contribution in [3.63, 3.8) is 0 Å². The first-order valence-electron chi connectivity index (χ1n) is 6.53. The number of nitrogens with zero attached hydrogens (tertiary/aromatic N) is 1. The van der Waals surface area contributed by atoms with Crippen LogP contribution in [0.5, 0.6) is 0 Å². The van der Waals surface area contributed by atoms with Gasteiger partial charge >= 0.3 is 0 Å². The van der Waals surface area contributed by atoms with E-state index in [9.17, 15) is 9.59 Å². The third-order valence-electron chi connectivity index (χ3n) is 4.29. The Hall–Kier alpha value is -1.06. The summed E-state index contributed by atoms with van der Waals surface area (Å²) >= 11 is 0. The molecule has 2 amide bonds. The van der Waals surface area contributed by atoms with Crippen LogP contribution in [0.1, 0.15) is 40.0 Å². The lowest BCUT2D eigenvalue weighted by Crippen LogP contribution is -2.45. The molecule has 1 unspecified atom stereocenters. The average molecular weight is 238 g/mol. The van der Waals surface area contributed by atoms with E-state index in [1.807, 2.05) is 4.90 Å². The summed E-state index contributed by atoms with van der Waals surface area (Å²) in [6.07, 6.45) is 2.86. The Morgan fingerprint density at radius 2 is 2.06 bits per heavy atom. The van der Waals surface area contributed by atoms with E-state index in [1.165, 1.54) is 12.8 Å². The van der Waals surface area contributed by atoms with Crippen molar-refractivity contribution in [3.8, 4) is 0 Å². The lowest BCUT2D eigenvalue weighted by Gasteiger charge is -2.29. The zero-order valence-corrected chi connectivity index (χ0v) is 11.0. The maximum absolute atomic E-state index is 12.1. The SMILES string of the molecule is CC1NC(=O)CCN(CC2(C(C)C)CC2)C1=O. The molecule has 1 atom stereocenters. The van der Waals surface area contributed by atoms with E-state index in [2.05, 4.69) is 19.2 Å². The van der Waals surface area contributed by atoms with Gasteiger partial charge in [0.15, 0.2) is 0 Å². The van der Waals surface area contributed by atoms with Crippen molar-refractivity contribution >= 4 is 11.8 Å². The molecule has 1 N–H and O–H groups in total. The van der Waals surface area contributed by atoms with Crippen molar-refractivity contribution in [3.05, 3.63) is 0 Å². The van der Waals surface area contributed by atoms with Gasteiger partial charge in [-0.2, -0.15) is 0 Å². The van der Waals surface area contributed by atoms with Crippen molar-refractivity contribution < 1.29 is 9.59 Å². The third-order valence-corrected chi connectivity index (χ3v) is 4.29. The Labute approximate surface area is 103 Å². The summed E-state index contributed by atoms with van der Waals surface area (Å²) in [6, 6.07) is -0.368. The minimum absolute atomic E-state index is 0.0113. The Morgan fingerprint density at radius 1 is 1.41 bits per heavy atom. The van der Waals surface area contributed by atoms with Gasteiger partial charge in [-0.15, -0.1) is 0 Å². The molecule has 2 rings (SSSR count). The molecular weight excluding hydrogens is 216 g/mol.